The van der Waals surface area contributed by atoms with Crippen LogP contribution in [0.3, 0.4) is 0 Å². The van der Waals surface area contributed by atoms with Crippen LogP contribution in [0.5, 0.6) is 0 Å². The molecule has 9 nitrogen and oxygen atoms in total. The van der Waals surface area contributed by atoms with Gasteiger partial charge in [0.25, 0.3) is 0 Å². The van der Waals surface area contributed by atoms with Gasteiger partial charge in [-0.15, -0.1) is 0 Å². The lowest BCUT2D eigenvalue weighted by Gasteiger charge is -2.34. The third kappa shape index (κ3) is 5.44. The van der Waals surface area contributed by atoms with E-state index in [9.17, 15) is 8.42 Å². The summed E-state index contributed by atoms with van der Waals surface area (Å²) in [5.41, 5.74) is 6.01. The molecular weight excluding hydrogens is 474 g/mol. The van der Waals surface area contributed by atoms with Crippen LogP contribution in [-0.4, -0.2) is 71.6 Å². The second-order valence-electron chi connectivity index (χ2n) is 8.99. The number of rotatable bonds is 7. The van der Waals surface area contributed by atoms with Gasteiger partial charge in [0.05, 0.1) is 17.5 Å². The molecule has 36 heavy (non-hydrogen) atoms. The van der Waals surface area contributed by atoms with Gasteiger partial charge < -0.3 is 10.2 Å². The van der Waals surface area contributed by atoms with Crippen molar-refractivity contribution in [2.45, 2.75) is 13.3 Å². The highest BCUT2D eigenvalue weighted by Gasteiger charge is 2.23. The minimum absolute atomic E-state index is 0.492. The zero-order valence-electron chi connectivity index (χ0n) is 20.4. The minimum Gasteiger partial charge on any atom is -0.369 e. The lowest BCUT2D eigenvalue weighted by atomic mass is 10.1. The molecule has 4 aromatic rings. The maximum atomic E-state index is 11.8. The van der Waals surface area contributed by atoms with E-state index in [1.807, 2.05) is 43.5 Å². The van der Waals surface area contributed by atoms with Gasteiger partial charge >= 0.3 is 0 Å². The van der Waals surface area contributed by atoms with Crippen LogP contribution in [0.1, 0.15) is 11.3 Å². The number of benzene rings is 1. The fraction of sp³-hybridized carbons (Fsp3) is 0.308. The largest absolute Gasteiger partial charge is 0.369 e. The van der Waals surface area contributed by atoms with Gasteiger partial charge in [-0.3, -0.25) is 9.97 Å². The number of anilines is 2. The van der Waals surface area contributed by atoms with Crippen molar-refractivity contribution in [1.29, 1.82) is 0 Å². The third-order valence-corrected chi connectivity index (χ3v) is 7.72. The van der Waals surface area contributed by atoms with Gasteiger partial charge in [-0.2, -0.15) is 4.31 Å². The summed E-state index contributed by atoms with van der Waals surface area (Å²) in [6, 6.07) is 14.3. The van der Waals surface area contributed by atoms with Crippen molar-refractivity contribution in [3.63, 3.8) is 0 Å². The topological polar surface area (TPSA) is 104 Å². The first-order valence-electron chi connectivity index (χ1n) is 11.9. The fourth-order valence-electron chi connectivity index (χ4n) is 4.43. The Bertz CT molecular complexity index is 1470. The Morgan fingerprint density at radius 3 is 2.50 bits per heavy atom. The molecule has 0 saturated carbocycles. The number of fused-ring (bicyclic) bond motifs is 1. The Kier molecular flexibility index (Phi) is 6.80. The molecule has 0 spiro atoms. The average molecular weight is 504 g/mol. The van der Waals surface area contributed by atoms with Gasteiger partial charge in [0.1, 0.15) is 12.1 Å². The predicted molar refractivity (Wildman–Crippen MR) is 143 cm³/mol. The Morgan fingerprint density at radius 1 is 0.944 bits per heavy atom. The standard InChI is InChI=1S/C26H29N7O2S/c1-19-15-21(8-10-27-19)24-6-3-20(17-29-24)7-9-28-26-23-5-4-22(16-25(23)30-18-31-26)32-11-13-33(14-12-32)36(2,34)35/h3-6,8,10,15-18H,7,9,11-14H2,1-2H3,(H,28,30,31). The summed E-state index contributed by atoms with van der Waals surface area (Å²) in [7, 11) is -3.15. The zero-order valence-corrected chi connectivity index (χ0v) is 21.2. The molecule has 0 bridgehead atoms. The Hall–Kier alpha value is -3.63. The molecule has 0 radical (unpaired) electrons. The van der Waals surface area contributed by atoms with Gasteiger partial charge in [0.2, 0.25) is 10.0 Å². The zero-order chi connectivity index (χ0) is 25.1. The molecule has 1 saturated heterocycles. The van der Waals surface area contributed by atoms with Crippen LogP contribution in [0.15, 0.2) is 61.2 Å². The van der Waals surface area contributed by atoms with Gasteiger partial charge in [-0.05, 0) is 55.3 Å². The number of aryl methyl sites for hydroxylation is 1. The summed E-state index contributed by atoms with van der Waals surface area (Å²) in [5.74, 6) is 0.797. The van der Waals surface area contributed by atoms with Crippen molar-refractivity contribution in [3.8, 4) is 11.3 Å². The summed E-state index contributed by atoms with van der Waals surface area (Å²) in [5, 5.41) is 4.39. The van der Waals surface area contributed by atoms with E-state index in [-0.39, 0.29) is 0 Å². The highest BCUT2D eigenvalue weighted by atomic mass is 32.2. The summed E-state index contributed by atoms with van der Waals surface area (Å²) in [6.45, 7) is 4.99. The quantitative estimate of drug-likeness (QED) is 0.410. The molecule has 4 heterocycles. The molecule has 5 rings (SSSR count). The molecule has 1 fully saturated rings. The van der Waals surface area contributed by atoms with Crippen molar-refractivity contribution in [1.82, 2.24) is 24.2 Å². The van der Waals surface area contributed by atoms with Gasteiger partial charge in [0.15, 0.2) is 0 Å². The molecule has 10 heteroatoms. The van der Waals surface area contributed by atoms with Crippen molar-refractivity contribution >= 4 is 32.4 Å². The third-order valence-electron chi connectivity index (χ3n) is 6.42. The number of nitrogens with zero attached hydrogens (tertiary/aromatic N) is 6. The number of piperazine rings is 1. The lowest BCUT2D eigenvalue weighted by Crippen LogP contribution is -2.48. The smallest absolute Gasteiger partial charge is 0.211 e. The number of aromatic nitrogens is 4. The van der Waals surface area contributed by atoms with Crippen LogP contribution in [-0.2, 0) is 16.4 Å². The molecule has 3 aromatic heterocycles. The molecule has 0 unspecified atom stereocenters. The van der Waals surface area contributed by atoms with E-state index >= 15 is 0 Å². The van der Waals surface area contributed by atoms with E-state index in [1.54, 1.807) is 12.5 Å². The van der Waals surface area contributed by atoms with Crippen molar-refractivity contribution < 1.29 is 8.42 Å². The maximum absolute atomic E-state index is 11.8. The van der Waals surface area contributed by atoms with Crippen molar-refractivity contribution in [2.24, 2.45) is 0 Å². The monoisotopic (exact) mass is 503 g/mol. The summed E-state index contributed by atoms with van der Waals surface area (Å²) >= 11 is 0. The van der Waals surface area contributed by atoms with Crippen molar-refractivity contribution in [3.05, 3.63) is 72.4 Å². The van der Waals surface area contributed by atoms with Crippen molar-refractivity contribution in [2.75, 3.05) is 49.2 Å². The van der Waals surface area contributed by atoms with E-state index in [0.29, 0.717) is 26.2 Å². The SMILES string of the molecule is Cc1cc(-c2ccc(CCNc3ncnc4cc(N5CCN(S(C)(=O)=O)CC5)ccc34)cn2)ccn1. The van der Waals surface area contributed by atoms with E-state index in [0.717, 1.165) is 57.9 Å². The number of hydrogen-bond donors (Lipinski definition) is 1. The molecule has 186 valence electrons. The number of sulfonamides is 1. The number of pyridine rings is 2. The van der Waals surface area contributed by atoms with E-state index in [1.165, 1.54) is 10.6 Å². The van der Waals surface area contributed by atoms with Crippen LogP contribution < -0.4 is 10.2 Å². The van der Waals surface area contributed by atoms with Gasteiger partial charge in [-0.1, -0.05) is 6.07 Å². The highest BCUT2D eigenvalue weighted by molar-refractivity contribution is 7.88. The van der Waals surface area contributed by atoms with E-state index < -0.39 is 10.0 Å². The first-order chi connectivity index (χ1) is 17.4. The molecule has 0 aliphatic carbocycles. The minimum atomic E-state index is -3.15. The highest BCUT2D eigenvalue weighted by Crippen LogP contribution is 2.26. The number of hydrogen-bond acceptors (Lipinski definition) is 8. The molecule has 1 aliphatic heterocycles. The molecule has 1 N–H and O–H groups in total. The van der Waals surface area contributed by atoms with E-state index in [4.69, 9.17) is 0 Å². The van der Waals surface area contributed by atoms with Crippen LogP contribution in [0, 0.1) is 6.92 Å². The van der Waals surface area contributed by atoms with Crippen LogP contribution >= 0.6 is 0 Å². The second kappa shape index (κ2) is 10.2. The molecule has 0 amide bonds. The normalized spacial score (nSPS) is 14.8. The molecule has 0 atom stereocenters. The second-order valence-corrected chi connectivity index (χ2v) is 11.0. The molecular formula is C26H29N7O2S. The summed E-state index contributed by atoms with van der Waals surface area (Å²) < 4.78 is 25.1. The van der Waals surface area contributed by atoms with Gasteiger partial charge in [-0.25, -0.2) is 18.4 Å². The Balaban J connectivity index is 1.22. The average Bonchev–Trinajstić information content (AvgIpc) is 2.88. The summed E-state index contributed by atoms with van der Waals surface area (Å²) in [6.07, 6.45) is 7.37. The van der Waals surface area contributed by atoms with Crippen LogP contribution in [0.4, 0.5) is 11.5 Å². The number of nitrogens with one attached hydrogen (secondary N) is 1. The molecule has 1 aromatic carbocycles. The first-order valence-corrected chi connectivity index (χ1v) is 13.8. The van der Waals surface area contributed by atoms with Crippen LogP contribution in [0.2, 0.25) is 0 Å². The first kappa shape index (κ1) is 24.1. The maximum Gasteiger partial charge on any atom is 0.211 e. The van der Waals surface area contributed by atoms with Gasteiger partial charge in [0, 0.05) is 67.4 Å². The summed E-state index contributed by atoms with van der Waals surface area (Å²) in [4.78, 5) is 20.0. The lowest BCUT2D eigenvalue weighted by molar-refractivity contribution is 0.388. The Labute approximate surface area is 211 Å². The fourth-order valence-corrected chi connectivity index (χ4v) is 5.26. The predicted octanol–water partition coefficient (Wildman–Crippen LogP) is 3.13. The van der Waals surface area contributed by atoms with E-state index in [2.05, 4.69) is 42.3 Å². The molecule has 1 aliphatic rings. The Morgan fingerprint density at radius 2 is 1.78 bits per heavy atom. The van der Waals surface area contributed by atoms with Crippen LogP contribution in [0.25, 0.3) is 22.2 Å².